The highest BCUT2D eigenvalue weighted by molar-refractivity contribution is 5.81. The lowest BCUT2D eigenvalue weighted by molar-refractivity contribution is -0.137. The van der Waals surface area contributed by atoms with Crippen molar-refractivity contribution in [1.29, 1.82) is 0 Å². The van der Waals surface area contributed by atoms with Crippen LogP contribution in [0, 0.1) is 0 Å². The van der Waals surface area contributed by atoms with Crippen molar-refractivity contribution < 1.29 is 71.5 Å². The van der Waals surface area contributed by atoms with Crippen LogP contribution in [0.2, 0.25) is 0 Å². The van der Waals surface area contributed by atoms with Gasteiger partial charge in [-0.2, -0.15) is 0 Å². The molecule has 418 valence electrons. The number of carbonyl (C=O) groups excluding carboxylic acids is 1. The van der Waals surface area contributed by atoms with E-state index in [4.69, 9.17) is 66.7 Å². The first-order valence-electron chi connectivity index (χ1n) is 28.1. The van der Waals surface area contributed by atoms with E-state index < -0.39 is 0 Å². The SMILES string of the molecule is C=CC(=O)OCCCCOCCCCOCCCCOCCCCOCCCCOCCCCOCCCCOCCCCOCCCCOCCCCOCCCCOCCCCOCCCCO. The Morgan fingerprint density at radius 3 is 0.500 bits per heavy atom. The molecule has 0 aliphatic heterocycles. The van der Waals surface area contributed by atoms with Gasteiger partial charge in [0.2, 0.25) is 0 Å². The summed E-state index contributed by atoms with van der Waals surface area (Å²) in [6.07, 6.45) is 27.4. The van der Waals surface area contributed by atoms with Crippen molar-refractivity contribution in [3.63, 3.8) is 0 Å². The van der Waals surface area contributed by atoms with E-state index in [-0.39, 0.29) is 12.6 Å². The van der Waals surface area contributed by atoms with Crippen molar-refractivity contribution in [3.05, 3.63) is 12.7 Å². The molecule has 0 aromatic rings. The third-order valence-electron chi connectivity index (χ3n) is 10.9. The zero-order valence-corrected chi connectivity index (χ0v) is 44.7. The Labute approximate surface area is 427 Å². The summed E-state index contributed by atoms with van der Waals surface area (Å²) >= 11 is 0. The van der Waals surface area contributed by atoms with Crippen molar-refractivity contribution in [2.45, 2.75) is 167 Å². The van der Waals surface area contributed by atoms with Crippen LogP contribution in [0.25, 0.3) is 0 Å². The number of carbonyl (C=O) groups is 1. The van der Waals surface area contributed by atoms with Gasteiger partial charge in [-0.15, -0.1) is 0 Å². The van der Waals surface area contributed by atoms with Gasteiger partial charge < -0.3 is 66.7 Å². The van der Waals surface area contributed by atoms with E-state index >= 15 is 0 Å². The Morgan fingerprint density at radius 1 is 0.243 bits per heavy atom. The minimum absolute atomic E-state index is 0.248. The number of rotatable bonds is 65. The molecule has 70 heavy (non-hydrogen) atoms. The second-order valence-electron chi connectivity index (χ2n) is 17.6. The molecule has 1 N–H and O–H groups in total. The summed E-state index contributed by atoms with van der Waals surface area (Å²) in [6, 6.07) is 0. The van der Waals surface area contributed by atoms with Crippen LogP contribution in [-0.4, -0.2) is 183 Å². The van der Waals surface area contributed by atoms with Gasteiger partial charge >= 0.3 is 5.97 Å². The maximum atomic E-state index is 10.9. The molecule has 0 spiro atoms. The first-order chi connectivity index (χ1) is 34.8. The maximum absolute atomic E-state index is 10.9. The zero-order chi connectivity index (χ0) is 50.2. The molecule has 0 aromatic heterocycles. The highest BCUT2D eigenvalue weighted by Gasteiger charge is 2.00. The van der Waals surface area contributed by atoms with Gasteiger partial charge in [0.25, 0.3) is 0 Å². The maximum Gasteiger partial charge on any atom is 0.330 e. The molecule has 0 heterocycles. The molecule has 0 bridgehead atoms. The van der Waals surface area contributed by atoms with Gasteiger partial charge in [0.1, 0.15) is 0 Å². The van der Waals surface area contributed by atoms with E-state index in [1.54, 1.807) is 0 Å². The van der Waals surface area contributed by atoms with Crippen LogP contribution in [0.1, 0.15) is 167 Å². The second-order valence-corrected chi connectivity index (χ2v) is 17.6. The molecule has 0 aromatic carbocycles. The Hall–Kier alpha value is -1.31. The molecule has 0 fully saturated rings. The van der Waals surface area contributed by atoms with Gasteiger partial charge in [-0.25, -0.2) is 4.79 Å². The Morgan fingerprint density at radius 2 is 0.371 bits per heavy atom. The van der Waals surface area contributed by atoms with Crippen LogP contribution in [0.4, 0.5) is 0 Å². The normalized spacial score (nSPS) is 11.6. The molecule has 15 heteroatoms. The predicted molar refractivity (Wildman–Crippen MR) is 278 cm³/mol. The van der Waals surface area contributed by atoms with E-state index in [1.807, 2.05) is 0 Å². The van der Waals surface area contributed by atoms with Crippen LogP contribution in [-0.2, 0) is 66.4 Å². The molecule has 0 unspecified atom stereocenters. The van der Waals surface area contributed by atoms with E-state index in [9.17, 15) is 4.79 Å². The summed E-state index contributed by atoms with van der Waals surface area (Å²) in [4.78, 5) is 10.9. The van der Waals surface area contributed by atoms with Crippen LogP contribution in [0.3, 0.4) is 0 Å². The van der Waals surface area contributed by atoms with Gasteiger partial charge in [-0.05, 0) is 167 Å². The smallest absolute Gasteiger partial charge is 0.330 e. The molecule has 0 aliphatic carbocycles. The van der Waals surface area contributed by atoms with Crippen molar-refractivity contribution in [2.24, 2.45) is 0 Å². The summed E-state index contributed by atoms with van der Waals surface area (Å²) in [7, 11) is 0. The van der Waals surface area contributed by atoms with E-state index in [1.165, 1.54) is 6.08 Å². The summed E-state index contributed by atoms with van der Waals surface area (Å²) in [5.41, 5.74) is 0. The first kappa shape index (κ1) is 68.7. The lowest BCUT2D eigenvalue weighted by Crippen LogP contribution is -2.05. The quantitative estimate of drug-likeness (QED) is 0.0349. The summed E-state index contributed by atoms with van der Waals surface area (Å²) in [5, 5.41) is 8.74. The fraction of sp³-hybridized carbons (Fsp3) is 0.945. The van der Waals surface area contributed by atoms with Crippen LogP contribution < -0.4 is 0 Å². The molecule has 0 rings (SSSR count). The number of hydrogen-bond donors (Lipinski definition) is 1. The second kappa shape index (κ2) is 65.7. The molecule has 0 aliphatic rings. The van der Waals surface area contributed by atoms with Crippen LogP contribution in [0.5, 0.6) is 0 Å². The fourth-order valence-corrected chi connectivity index (χ4v) is 6.57. The number of unbranched alkanes of at least 4 members (excludes halogenated alkanes) is 13. The molecular weight excluding hydrogens is 901 g/mol. The van der Waals surface area contributed by atoms with Gasteiger partial charge in [-0.3, -0.25) is 0 Å². The van der Waals surface area contributed by atoms with E-state index in [0.29, 0.717) is 13.2 Å². The van der Waals surface area contributed by atoms with Crippen molar-refractivity contribution in [3.8, 4) is 0 Å². The summed E-state index contributed by atoms with van der Waals surface area (Å²) in [5.74, 6) is -0.370. The molecular formula is C55H108O15. The molecule has 0 saturated carbocycles. The fourth-order valence-electron chi connectivity index (χ4n) is 6.57. The Balaban J connectivity index is 3.08. The topological polar surface area (TPSA) is 157 Å². The summed E-state index contributed by atoms with van der Waals surface area (Å²) in [6.45, 7) is 22.9. The van der Waals surface area contributed by atoms with Crippen LogP contribution >= 0.6 is 0 Å². The molecule has 0 amide bonds. The minimum Gasteiger partial charge on any atom is -0.463 e. The predicted octanol–water partition coefficient (Wildman–Crippen LogP) is 10.0. The van der Waals surface area contributed by atoms with E-state index in [0.717, 1.165) is 319 Å². The highest BCUT2D eigenvalue weighted by atomic mass is 16.5. The standard InChI is InChI=1S/C55H108O15/c1-2-55(57)70-54-28-27-53-69-52-26-25-51-68-50-24-23-49-67-48-22-21-47-66-46-20-19-45-65-44-18-17-43-64-42-16-15-41-63-40-14-13-39-62-38-12-11-37-61-36-10-9-35-60-34-8-7-33-59-32-6-5-31-58-30-4-3-29-56/h2,56H,1,3-54H2. The summed E-state index contributed by atoms with van der Waals surface area (Å²) < 4.78 is 73.6. The third kappa shape index (κ3) is 64.7. The van der Waals surface area contributed by atoms with Crippen molar-refractivity contribution >= 4 is 5.97 Å². The largest absolute Gasteiger partial charge is 0.463 e. The number of esters is 1. The van der Waals surface area contributed by atoms with Crippen LogP contribution in [0.15, 0.2) is 12.7 Å². The van der Waals surface area contributed by atoms with Gasteiger partial charge in [-0.1, -0.05) is 6.58 Å². The molecule has 0 radical (unpaired) electrons. The zero-order valence-electron chi connectivity index (χ0n) is 44.7. The third-order valence-corrected chi connectivity index (χ3v) is 10.9. The average Bonchev–Trinajstić information content (AvgIpc) is 3.37. The van der Waals surface area contributed by atoms with Gasteiger partial charge in [0.05, 0.1) is 6.61 Å². The molecule has 15 nitrogen and oxygen atoms in total. The van der Waals surface area contributed by atoms with Gasteiger partial charge in [0.15, 0.2) is 0 Å². The molecule has 0 saturated heterocycles. The Kier molecular flexibility index (Phi) is 64.5. The van der Waals surface area contributed by atoms with Crippen molar-refractivity contribution in [2.75, 3.05) is 172 Å². The molecule has 0 atom stereocenters. The Bertz CT molecular complexity index is 965. The monoisotopic (exact) mass is 1010 g/mol. The number of aliphatic hydroxyl groups excluding tert-OH is 1. The van der Waals surface area contributed by atoms with Gasteiger partial charge in [0, 0.05) is 171 Å². The highest BCUT2D eigenvalue weighted by Crippen LogP contribution is 2.03. The number of hydrogen-bond acceptors (Lipinski definition) is 15. The average molecular weight is 1010 g/mol. The minimum atomic E-state index is -0.370. The first-order valence-corrected chi connectivity index (χ1v) is 28.1. The number of ether oxygens (including phenoxy) is 13. The van der Waals surface area contributed by atoms with E-state index in [2.05, 4.69) is 6.58 Å². The number of aliphatic hydroxyl groups is 1. The lowest BCUT2D eigenvalue weighted by atomic mass is 10.3. The van der Waals surface area contributed by atoms with Crippen molar-refractivity contribution in [1.82, 2.24) is 0 Å². The lowest BCUT2D eigenvalue weighted by Gasteiger charge is -2.08.